The second-order valence-corrected chi connectivity index (χ2v) is 6.25. The van der Waals surface area contributed by atoms with Crippen LogP contribution in [0, 0.1) is 18.6 Å². The molecule has 1 saturated heterocycles. The van der Waals surface area contributed by atoms with Gasteiger partial charge in [0, 0.05) is 42.5 Å². The third-order valence-electron chi connectivity index (χ3n) is 4.25. The molecule has 1 amide bonds. The Morgan fingerprint density at radius 1 is 1.00 bits per heavy atom. The fourth-order valence-corrected chi connectivity index (χ4v) is 2.93. The van der Waals surface area contributed by atoms with Crippen LogP contribution in [0.15, 0.2) is 36.4 Å². The lowest BCUT2D eigenvalue weighted by atomic mass is 10.1. The average Bonchev–Trinajstić information content (AvgIpc) is 2.59. The van der Waals surface area contributed by atoms with Gasteiger partial charge in [0.05, 0.1) is 0 Å². The van der Waals surface area contributed by atoms with E-state index in [1.165, 1.54) is 6.07 Å². The summed E-state index contributed by atoms with van der Waals surface area (Å²) in [5.41, 5.74) is 2.21. The smallest absolute Gasteiger partial charge is 0.254 e. The van der Waals surface area contributed by atoms with Crippen LogP contribution in [0.2, 0.25) is 5.02 Å². The summed E-state index contributed by atoms with van der Waals surface area (Å²) in [6.45, 7) is 4.31. The maximum Gasteiger partial charge on any atom is 0.254 e. The van der Waals surface area contributed by atoms with Gasteiger partial charge in [0.15, 0.2) is 11.6 Å². The molecule has 1 aliphatic rings. The third-order valence-corrected chi connectivity index (χ3v) is 4.66. The monoisotopic (exact) mass is 350 g/mol. The van der Waals surface area contributed by atoms with E-state index in [0.717, 1.165) is 23.4 Å². The third kappa shape index (κ3) is 3.36. The van der Waals surface area contributed by atoms with Crippen molar-refractivity contribution in [3.8, 4) is 0 Å². The zero-order valence-corrected chi connectivity index (χ0v) is 14.0. The first-order valence-electron chi connectivity index (χ1n) is 7.71. The second-order valence-electron chi connectivity index (χ2n) is 5.84. The van der Waals surface area contributed by atoms with E-state index in [1.807, 2.05) is 25.1 Å². The highest BCUT2D eigenvalue weighted by atomic mass is 35.5. The Morgan fingerprint density at radius 2 is 1.71 bits per heavy atom. The standard InChI is InChI=1S/C18H17ClF2N2O/c1-12-2-4-14(11-15(12)19)22-6-8-23(9-7-22)18(24)13-3-5-16(20)17(21)10-13/h2-5,10-11H,6-9H2,1H3. The van der Waals surface area contributed by atoms with Crippen molar-refractivity contribution < 1.29 is 13.6 Å². The van der Waals surface area contributed by atoms with E-state index in [4.69, 9.17) is 11.6 Å². The van der Waals surface area contributed by atoms with E-state index in [0.29, 0.717) is 31.2 Å². The molecular weight excluding hydrogens is 334 g/mol. The minimum absolute atomic E-state index is 0.167. The summed E-state index contributed by atoms with van der Waals surface area (Å²) in [4.78, 5) is 16.2. The Hall–Kier alpha value is -2.14. The van der Waals surface area contributed by atoms with Gasteiger partial charge < -0.3 is 9.80 Å². The fourth-order valence-electron chi connectivity index (χ4n) is 2.76. The molecule has 0 bridgehead atoms. The van der Waals surface area contributed by atoms with Crippen molar-refractivity contribution in [1.82, 2.24) is 4.90 Å². The summed E-state index contributed by atoms with van der Waals surface area (Å²) < 4.78 is 26.3. The highest BCUT2D eigenvalue weighted by Gasteiger charge is 2.23. The molecule has 0 N–H and O–H groups in total. The SMILES string of the molecule is Cc1ccc(N2CCN(C(=O)c3ccc(F)c(F)c3)CC2)cc1Cl. The number of hydrogen-bond donors (Lipinski definition) is 0. The molecule has 0 unspecified atom stereocenters. The van der Waals surface area contributed by atoms with Crippen molar-refractivity contribution in [2.24, 2.45) is 0 Å². The molecule has 1 fully saturated rings. The van der Waals surface area contributed by atoms with E-state index < -0.39 is 11.6 Å². The molecule has 24 heavy (non-hydrogen) atoms. The lowest BCUT2D eigenvalue weighted by Gasteiger charge is -2.36. The van der Waals surface area contributed by atoms with Crippen LogP contribution in [0.25, 0.3) is 0 Å². The van der Waals surface area contributed by atoms with Crippen molar-refractivity contribution >= 4 is 23.2 Å². The van der Waals surface area contributed by atoms with E-state index in [1.54, 1.807) is 4.90 Å². The molecule has 1 aliphatic heterocycles. The van der Waals surface area contributed by atoms with Gasteiger partial charge in [0.25, 0.3) is 5.91 Å². The zero-order chi connectivity index (χ0) is 17.3. The second kappa shape index (κ2) is 6.77. The summed E-state index contributed by atoms with van der Waals surface area (Å²) in [6.07, 6.45) is 0. The van der Waals surface area contributed by atoms with Gasteiger partial charge in [-0.05, 0) is 42.8 Å². The fraction of sp³-hybridized carbons (Fsp3) is 0.278. The largest absolute Gasteiger partial charge is 0.368 e. The lowest BCUT2D eigenvalue weighted by Crippen LogP contribution is -2.48. The number of benzene rings is 2. The van der Waals surface area contributed by atoms with Gasteiger partial charge in [-0.25, -0.2) is 8.78 Å². The molecule has 2 aromatic rings. The highest BCUT2D eigenvalue weighted by molar-refractivity contribution is 6.31. The van der Waals surface area contributed by atoms with Crippen LogP contribution in [-0.2, 0) is 0 Å². The predicted molar refractivity (Wildman–Crippen MR) is 90.7 cm³/mol. The zero-order valence-electron chi connectivity index (χ0n) is 13.2. The topological polar surface area (TPSA) is 23.6 Å². The molecular formula is C18H17ClF2N2O. The van der Waals surface area contributed by atoms with Crippen LogP contribution in [0.3, 0.4) is 0 Å². The molecule has 0 atom stereocenters. The number of hydrogen-bond acceptors (Lipinski definition) is 2. The molecule has 0 radical (unpaired) electrons. The van der Waals surface area contributed by atoms with Crippen LogP contribution in [-0.4, -0.2) is 37.0 Å². The van der Waals surface area contributed by atoms with Crippen molar-refractivity contribution in [2.45, 2.75) is 6.92 Å². The quantitative estimate of drug-likeness (QED) is 0.820. The van der Waals surface area contributed by atoms with Gasteiger partial charge in [-0.15, -0.1) is 0 Å². The summed E-state index contributed by atoms with van der Waals surface area (Å²) in [6, 6.07) is 9.14. The number of aryl methyl sites for hydroxylation is 1. The van der Waals surface area contributed by atoms with Crippen LogP contribution in [0.1, 0.15) is 15.9 Å². The molecule has 6 heteroatoms. The molecule has 0 aromatic heterocycles. The molecule has 1 heterocycles. The van der Waals surface area contributed by atoms with E-state index in [9.17, 15) is 13.6 Å². The number of nitrogens with zero attached hydrogens (tertiary/aromatic N) is 2. The Kier molecular flexibility index (Phi) is 4.71. The number of rotatable bonds is 2. The Labute approximate surface area is 144 Å². The minimum Gasteiger partial charge on any atom is -0.368 e. The lowest BCUT2D eigenvalue weighted by molar-refractivity contribution is 0.0746. The number of carbonyl (C=O) groups is 1. The number of anilines is 1. The van der Waals surface area contributed by atoms with E-state index in [2.05, 4.69) is 4.90 Å². The molecule has 3 rings (SSSR count). The number of amides is 1. The van der Waals surface area contributed by atoms with E-state index >= 15 is 0 Å². The van der Waals surface area contributed by atoms with Crippen molar-refractivity contribution in [3.05, 3.63) is 64.2 Å². The molecule has 2 aromatic carbocycles. The van der Waals surface area contributed by atoms with Crippen molar-refractivity contribution in [3.63, 3.8) is 0 Å². The van der Waals surface area contributed by atoms with Gasteiger partial charge in [-0.1, -0.05) is 17.7 Å². The first-order chi connectivity index (χ1) is 11.5. The minimum atomic E-state index is -1.01. The summed E-state index contributed by atoms with van der Waals surface area (Å²) in [5.74, 6) is -2.24. The van der Waals surface area contributed by atoms with Crippen LogP contribution >= 0.6 is 11.6 Å². The Morgan fingerprint density at radius 3 is 2.33 bits per heavy atom. The van der Waals surface area contributed by atoms with E-state index in [-0.39, 0.29) is 11.5 Å². The molecule has 0 aliphatic carbocycles. The molecule has 3 nitrogen and oxygen atoms in total. The maximum atomic E-state index is 13.3. The summed E-state index contributed by atoms with van der Waals surface area (Å²) in [5, 5.41) is 0.716. The van der Waals surface area contributed by atoms with Crippen molar-refractivity contribution in [2.75, 3.05) is 31.1 Å². The molecule has 0 saturated carbocycles. The first kappa shape index (κ1) is 16.7. The Balaban J connectivity index is 1.66. The van der Waals surface area contributed by atoms with Crippen LogP contribution in [0.5, 0.6) is 0 Å². The Bertz CT molecular complexity index is 774. The number of carbonyl (C=O) groups excluding carboxylic acids is 1. The predicted octanol–water partition coefficient (Wildman–Crippen LogP) is 3.89. The maximum absolute atomic E-state index is 13.3. The van der Waals surface area contributed by atoms with Crippen molar-refractivity contribution in [1.29, 1.82) is 0 Å². The van der Waals surface area contributed by atoms with Gasteiger partial charge in [0.2, 0.25) is 0 Å². The normalized spacial score (nSPS) is 14.8. The van der Waals surface area contributed by atoms with Crippen LogP contribution < -0.4 is 4.90 Å². The average molecular weight is 351 g/mol. The van der Waals surface area contributed by atoms with Crippen LogP contribution in [0.4, 0.5) is 14.5 Å². The summed E-state index contributed by atoms with van der Waals surface area (Å²) in [7, 11) is 0. The van der Waals surface area contributed by atoms with Gasteiger partial charge in [-0.3, -0.25) is 4.79 Å². The van der Waals surface area contributed by atoms with Gasteiger partial charge in [-0.2, -0.15) is 0 Å². The first-order valence-corrected chi connectivity index (χ1v) is 8.09. The molecule has 0 spiro atoms. The molecule has 126 valence electrons. The van der Waals surface area contributed by atoms with Gasteiger partial charge >= 0.3 is 0 Å². The number of piperazine rings is 1. The van der Waals surface area contributed by atoms with Gasteiger partial charge in [0.1, 0.15) is 0 Å². The highest BCUT2D eigenvalue weighted by Crippen LogP contribution is 2.24. The summed E-state index contributed by atoms with van der Waals surface area (Å²) >= 11 is 6.16. The number of halogens is 3.